The number of carbonyl (C=O) groups excluding carboxylic acids is 1. The first-order chi connectivity index (χ1) is 15.5. The molecule has 0 saturated heterocycles. The van der Waals surface area contributed by atoms with Gasteiger partial charge in [0.05, 0.1) is 19.1 Å². The number of sulfonamides is 1. The predicted octanol–water partition coefficient (Wildman–Crippen LogP) is 4.49. The fourth-order valence-electron chi connectivity index (χ4n) is 4.30. The molecule has 3 aromatic rings. The summed E-state index contributed by atoms with van der Waals surface area (Å²) in [6.07, 6.45) is 1.83. The van der Waals surface area contributed by atoms with Crippen LogP contribution in [0.25, 0.3) is 10.9 Å². The molecule has 0 bridgehead atoms. The molecule has 1 atom stereocenters. The Kier molecular flexibility index (Phi) is 7.19. The molecule has 0 saturated carbocycles. The van der Waals surface area contributed by atoms with Gasteiger partial charge in [-0.1, -0.05) is 19.9 Å². The number of H-pyrrole nitrogens is 1. The number of esters is 1. The van der Waals surface area contributed by atoms with Crippen LogP contribution in [0.5, 0.6) is 5.75 Å². The number of fused-ring (bicyclic) bond motifs is 1. The van der Waals surface area contributed by atoms with Crippen LogP contribution >= 0.6 is 0 Å². The van der Waals surface area contributed by atoms with Crippen LogP contribution in [0, 0.1) is 26.7 Å². The summed E-state index contributed by atoms with van der Waals surface area (Å²) in [5, 5.41) is 0.969. The smallest absolute Gasteiger partial charge is 0.324 e. The monoisotopic (exact) mass is 472 g/mol. The summed E-state index contributed by atoms with van der Waals surface area (Å²) in [6, 6.07) is 8.38. The number of aryl methyl sites for hydroxylation is 1. The second-order valence-corrected chi connectivity index (χ2v) is 10.5. The molecule has 178 valence electrons. The van der Waals surface area contributed by atoms with E-state index < -0.39 is 22.0 Å². The summed E-state index contributed by atoms with van der Waals surface area (Å²) in [7, 11) is -1.24. The van der Waals surface area contributed by atoms with E-state index >= 15 is 0 Å². The number of rotatable bonds is 8. The molecule has 33 heavy (non-hydrogen) atoms. The maximum Gasteiger partial charge on any atom is 0.324 e. The highest BCUT2D eigenvalue weighted by Gasteiger charge is 2.40. The van der Waals surface area contributed by atoms with Gasteiger partial charge in [-0.05, 0) is 78.6 Å². The number of nitrogens with zero attached hydrogens (tertiary/aromatic N) is 1. The number of nitrogens with one attached hydrogen (secondary N) is 1. The largest absolute Gasteiger partial charge is 0.496 e. The van der Waals surface area contributed by atoms with Crippen molar-refractivity contribution in [2.75, 3.05) is 14.2 Å². The quantitative estimate of drug-likeness (QED) is 0.488. The molecule has 8 heteroatoms. The van der Waals surface area contributed by atoms with Crippen molar-refractivity contribution in [3.63, 3.8) is 0 Å². The molecule has 3 rings (SSSR count). The summed E-state index contributed by atoms with van der Waals surface area (Å²) < 4.78 is 40.1. The Morgan fingerprint density at radius 2 is 1.76 bits per heavy atom. The van der Waals surface area contributed by atoms with Crippen molar-refractivity contribution in [3.8, 4) is 5.75 Å². The van der Waals surface area contributed by atoms with E-state index in [1.165, 1.54) is 11.4 Å². The molecule has 1 N–H and O–H groups in total. The van der Waals surface area contributed by atoms with E-state index in [9.17, 15) is 13.2 Å². The Bertz CT molecular complexity index is 1280. The van der Waals surface area contributed by atoms with Crippen molar-refractivity contribution < 1.29 is 22.7 Å². The first kappa shape index (κ1) is 24.8. The molecule has 0 fully saturated rings. The van der Waals surface area contributed by atoms with Gasteiger partial charge >= 0.3 is 5.97 Å². The number of ether oxygens (including phenoxy) is 2. The fraction of sp³-hybridized carbons (Fsp3) is 0.400. The van der Waals surface area contributed by atoms with Crippen LogP contribution in [0.3, 0.4) is 0 Å². The maximum atomic E-state index is 14.2. The van der Waals surface area contributed by atoms with Crippen LogP contribution in [0.15, 0.2) is 41.4 Å². The first-order valence-corrected chi connectivity index (χ1v) is 12.3. The summed E-state index contributed by atoms with van der Waals surface area (Å²) in [5.74, 6) is -0.262. The summed E-state index contributed by atoms with van der Waals surface area (Å²) in [4.78, 5) is 16.1. The Morgan fingerprint density at radius 3 is 2.36 bits per heavy atom. The standard InChI is InChI=1S/C25H32N2O5S/c1-15(2)23(25(28)32-7)27(14-19-8-9-21-20(13-19)10-11-26-21)33(29,30)24-16(3)12-22(31-6)17(4)18(24)5/h8-13,15,23,26H,14H2,1-7H3. The lowest BCUT2D eigenvalue weighted by atomic mass is 10.0. The third kappa shape index (κ3) is 4.63. The normalized spacial score (nSPS) is 13.0. The van der Waals surface area contributed by atoms with E-state index in [1.807, 2.05) is 51.2 Å². The van der Waals surface area contributed by atoms with Crippen molar-refractivity contribution in [1.82, 2.24) is 9.29 Å². The molecule has 1 unspecified atom stereocenters. The summed E-state index contributed by atoms with van der Waals surface area (Å²) in [6.45, 7) is 9.01. The highest BCUT2D eigenvalue weighted by Crippen LogP contribution is 2.35. The van der Waals surface area contributed by atoms with E-state index in [-0.39, 0.29) is 17.4 Å². The molecule has 0 radical (unpaired) electrons. The minimum Gasteiger partial charge on any atom is -0.496 e. The topological polar surface area (TPSA) is 88.7 Å². The van der Waals surface area contributed by atoms with Gasteiger partial charge in [0.2, 0.25) is 10.0 Å². The Morgan fingerprint density at radius 1 is 1.06 bits per heavy atom. The third-order valence-corrected chi connectivity index (χ3v) is 8.22. The lowest BCUT2D eigenvalue weighted by Crippen LogP contribution is -2.48. The molecule has 2 aromatic carbocycles. The Labute approximate surface area is 195 Å². The number of hydrogen-bond donors (Lipinski definition) is 1. The van der Waals surface area contributed by atoms with E-state index in [0.29, 0.717) is 16.9 Å². The second-order valence-electron chi connectivity index (χ2n) is 8.64. The predicted molar refractivity (Wildman–Crippen MR) is 129 cm³/mol. The van der Waals surface area contributed by atoms with Crippen molar-refractivity contribution in [2.24, 2.45) is 5.92 Å². The number of aromatic amines is 1. The van der Waals surface area contributed by atoms with Crippen molar-refractivity contribution in [1.29, 1.82) is 0 Å². The van der Waals surface area contributed by atoms with Gasteiger partial charge in [-0.3, -0.25) is 4.79 Å². The highest BCUT2D eigenvalue weighted by atomic mass is 32.2. The molecule has 0 aliphatic carbocycles. The van der Waals surface area contributed by atoms with E-state index in [0.717, 1.165) is 22.0 Å². The summed E-state index contributed by atoms with van der Waals surface area (Å²) in [5.41, 5.74) is 3.65. The SMILES string of the molecule is COC(=O)C(C(C)C)N(Cc1ccc2[nH]ccc2c1)S(=O)(=O)c1c(C)cc(OC)c(C)c1C. The van der Waals surface area contributed by atoms with Gasteiger partial charge in [0.1, 0.15) is 11.8 Å². The molecular formula is C25H32N2O5S. The molecule has 0 aliphatic rings. The number of hydrogen-bond acceptors (Lipinski definition) is 5. The average Bonchev–Trinajstić information content (AvgIpc) is 3.23. The lowest BCUT2D eigenvalue weighted by molar-refractivity contribution is -0.146. The van der Waals surface area contributed by atoms with E-state index in [2.05, 4.69) is 4.98 Å². The van der Waals surface area contributed by atoms with Crippen LogP contribution in [-0.2, 0) is 26.1 Å². The zero-order valence-corrected chi connectivity index (χ0v) is 21.0. The molecule has 7 nitrogen and oxygen atoms in total. The van der Waals surface area contributed by atoms with Gasteiger partial charge in [0, 0.05) is 18.3 Å². The Balaban J connectivity index is 2.21. The number of carbonyl (C=O) groups is 1. The molecular weight excluding hydrogens is 440 g/mol. The van der Waals surface area contributed by atoms with Crippen LogP contribution in [0.1, 0.15) is 36.1 Å². The second kappa shape index (κ2) is 9.57. The van der Waals surface area contributed by atoms with Gasteiger partial charge in [-0.25, -0.2) is 8.42 Å². The number of methoxy groups -OCH3 is 2. The zero-order valence-electron chi connectivity index (χ0n) is 20.2. The molecule has 0 amide bonds. The average molecular weight is 473 g/mol. The number of benzene rings is 2. The van der Waals surface area contributed by atoms with E-state index in [1.54, 1.807) is 27.0 Å². The molecule has 1 aromatic heterocycles. The van der Waals surface area contributed by atoms with E-state index in [4.69, 9.17) is 9.47 Å². The minimum atomic E-state index is -4.08. The van der Waals surface area contributed by atoms with Gasteiger partial charge in [0.25, 0.3) is 0 Å². The molecule has 1 heterocycles. The minimum absolute atomic E-state index is 0.0331. The van der Waals surface area contributed by atoms with Gasteiger partial charge in [0.15, 0.2) is 0 Å². The zero-order chi connectivity index (χ0) is 24.5. The lowest BCUT2D eigenvalue weighted by Gasteiger charge is -2.33. The molecule has 0 aliphatic heterocycles. The van der Waals surface area contributed by atoms with Crippen LogP contribution < -0.4 is 4.74 Å². The maximum absolute atomic E-state index is 14.2. The van der Waals surface area contributed by atoms with Crippen molar-refractivity contribution >= 4 is 26.9 Å². The van der Waals surface area contributed by atoms with Crippen molar-refractivity contribution in [3.05, 3.63) is 58.8 Å². The van der Waals surface area contributed by atoms with Gasteiger partial charge < -0.3 is 14.5 Å². The van der Waals surface area contributed by atoms with Gasteiger partial charge in [-0.15, -0.1) is 0 Å². The number of aromatic nitrogens is 1. The fourth-order valence-corrected chi connectivity index (χ4v) is 6.49. The van der Waals surface area contributed by atoms with Crippen LogP contribution in [0.2, 0.25) is 0 Å². The highest BCUT2D eigenvalue weighted by molar-refractivity contribution is 7.89. The summed E-state index contributed by atoms with van der Waals surface area (Å²) >= 11 is 0. The van der Waals surface area contributed by atoms with Crippen LogP contribution in [0.4, 0.5) is 0 Å². The van der Waals surface area contributed by atoms with Crippen molar-refractivity contribution in [2.45, 2.75) is 52.1 Å². The third-order valence-electron chi connectivity index (χ3n) is 6.11. The molecule has 0 spiro atoms. The first-order valence-electron chi connectivity index (χ1n) is 10.8. The van der Waals surface area contributed by atoms with Crippen LogP contribution in [-0.4, -0.2) is 43.9 Å². The van der Waals surface area contributed by atoms with Gasteiger partial charge in [-0.2, -0.15) is 4.31 Å². The Hall–Kier alpha value is -2.84.